The van der Waals surface area contributed by atoms with E-state index in [-0.39, 0.29) is 23.8 Å². The molecule has 0 aliphatic carbocycles. The van der Waals surface area contributed by atoms with Crippen molar-refractivity contribution < 1.29 is 13.2 Å². The Morgan fingerprint density at radius 3 is 2.52 bits per heavy atom. The molecule has 136 valence electrons. The summed E-state index contributed by atoms with van der Waals surface area (Å²) in [7, 11) is -1.92. The number of nitrogens with one attached hydrogen (secondary N) is 1. The van der Waals surface area contributed by atoms with Crippen LogP contribution in [0.25, 0.3) is 0 Å². The Morgan fingerprint density at radius 2 is 1.92 bits per heavy atom. The van der Waals surface area contributed by atoms with Gasteiger partial charge in [-0.15, -0.1) is 11.3 Å². The third-order valence-electron chi connectivity index (χ3n) is 3.87. The van der Waals surface area contributed by atoms with Crippen molar-refractivity contribution in [2.75, 3.05) is 13.6 Å². The van der Waals surface area contributed by atoms with Gasteiger partial charge in [0.05, 0.1) is 15.8 Å². The monoisotopic (exact) mass is 400 g/mol. The fourth-order valence-electron chi connectivity index (χ4n) is 2.21. The minimum atomic E-state index is -3.61. The maximum atomic E-state index is 12.3. The van der Waals surface area contributed by atoms with Gasteiger partial charge >= 0.3 is 0 Å². The van der Waals surface area contributed by atoms with Crippen LogP contribution in [0.4, 0.5) is 0 Å². The van der Waals surface area contributed by atoms with E-state index in [0.29, 0.717) is 10.9 Å². The van der Waals surface area contributed by atoms with Crippen LogP contribution >= 0.6 is 22.9 Å². The van der Waals surface area contributed by atoms with Gasteiger partial charge in [0.1, 0.15) is 0 Å². The van der Waals surface area contributed by atoms with Crippen molar-refractivity contribution in [1.82, 2.24) is 9.62 Å². The molecule has 5 nitrogen and oxygen atoms in total. The van der Waals surface area contributed by atoms with E-state index in [1.165, 1.54) is 11.3 Å². The number of rotatable bonds is 7. The summed E-state index contributed by atoms with van der Waals surface area (Å²) in [6.45, 7) is 4.31. The Kier molecular flexibility index (Phi) is 6.62. The number of amides is 1. The molecule has 0 fully saturated rings. The van der Waals surface area contributed by atoms with E-state index in [4.69, 9.17) is 11.6 Å². The number of thiophene rings is 1. The number of halogens is 1. The van der Waals surface area contributed by atoms with Crippen LogP contribution in [0.5, 0.6) is 0 Å². The fraction of sp³-hybridized carbons (Fsp3) is 0.353. The van der Waals surface area contributed by atoms with Crippen LogP contribution < -0.4 is 4.72 Å². The summed E-state index contributed by atoms with van der Waals surface area (Å²) in [5.74, 6) is -0.132. The number of sulfonamides is 1. The number of aryl methyl sites for hydroxylation is 2. The number of benzene rings is 1. The van der Waals surface area contributed by atoms with Gasteiger partial charge in [0, 0.05) is 24.9 Å². The van der Waals surface area contributed by atoms with Gasteiger partial charge in [-0.25, -0.2) is 13.1 Å². The molecule has 0 saturated heterocycles. The molecule has 0 saturated carbocycles. The van der Waals surface area contributed by atoms with Crippen molar-refractivity contribution in [2.45, 2.75) is 31.7 Å². The third-order valence-corrected chi connectivity index (χ3v) is 6.54. The molecule has 1 heterocycles. The van der Waals surface area contributed by atoms with E-state index in [1.54, 1.807) is 36.2 Å². The molecule has 1 aromatic carbocycles. The van der Waals surface area contributed by atoms with Crippen LogP contribution in [0.15, 0.2) is 35.2 Å². The second-order valence-corrected chi connectivity index (χ2v) is 9.42. The predicted molar refractivity (Wildman–Crippen MR) is 102 cm³/mol. The van der Waals surface area contributed by atoms with E-state index >= 15 is 0 Å². The molecule has 1 aromatic heterocycles. The van der Waals surface area contributed by atoms with E-state index < -0.39 is 10.0 Å². The summed E-state index contributed by atoms with van der Waals surface area (Å²) in [5, 5.41) is 0. The molecule has 0 bridgehead atoms. The maximum Gasteiger partial charge on any atom is 0.240 e. The largest absolute Gasteiger partial charge is 0.341 e. The topological polar surface area (TPSA) is 66.5 Å². The van der Waals surface area contributed by atoms with Crippen molar-refractivity contribution in [3.63, 3.8) is 0 Å². The van der Waals surface area contributed by atoms with Crippen molar-refractivity contribution in [3.8, 4) is 0 Å². The Hall–Kier alpha value is -1.41. The lowest BCUT2D eigenvalue weighted by Gasteiger charge is -2.16. The Labute approximate surface area is 157 Å². The van der Waals surface area contributed by atoms with Crippen LogP contribution in [-0.2, 0) is 21.4 Å². The molecule has 2 rings (SSSR count). The van der Waals surface area contributed by atoms with Gasteiger partial charge in [0.15, 0.2) is 0 Å². The Balaban J connectivity index is 1.88. The summed E-state index contributed by atoms with van der Waals surface area (Å²) in [4.78, 5) is 14.9. The zero-order valence-electron chi connectivity index (χ0n) is 14.4. The van der Waals surface area contributed by atoms with Crippen molar-refractivity contribution in [2.24, 2.45) is 0 Å². The van der Waals surface area contributed by atoms with Gasteiger partial charge < -0.3 is 4.90 Å². The number of carbonyl (C=O) groups excluding carboxylic acids is 1. The summed E-state index contributed by atoms with van der Waals surface area (Å²) in [5.41, 5.74) is 1.94. The van der Waals surface area contributed by atoms with Gasteiger partial charge in [0.25, 0.3) is 0 Å². The molecule has 25 heavy (non-hydrogen) atoms. The molecule has 8 heteroatoms. The zero-order valence-corrected chi connectivity index (χ0v) is 16.8. The predicted octanol–water partition coefficient (Wildman–Crippen LogP) is 3.35. The average molecular weight is 401 g/mol. The lowest BCUT2D eigenvalue weighted by atomic mass is 10.1. The molecule has 0 aliphatic rings. The fourth-order valence-corrected chi connectivity index (χ4v) is 4.46. The minimum Gasteiger partial charge on any atom is -0.341 e. The highest BCUT2D eigenvalue weighted by Gasteiger charge is 2.16. The summed E-state index contributed by atoms with van der Waals surface area (Å²) < 4.78 is 27.7. The van der Waals surface area contributed by atoms with Crippen LogP contribution in [0.3, 0.4) is 0 Å². The van der Waals surface area contributed by atoms with Gasteiger partial charge in [0.2, 0.25) is 15.9 Å². The van der Waals surface area contributed by atoms with Crippen molar-refractivity contribution >= 4 is 38.9 Å². The maximum absolute atomic E-state index is 12.3. The molecule has 2 aromatic rings. The van der Waals surface area contributed by atoms with Gasteiger partial charge in [-0.05, 0) is 49.2 Å². The normalized spacial score (nSPS) is 11.5. The van der Waals surface area contributed by atoms with E-state index in [0.717, 1.165) is 16.0 Å². The molecular formula is C17H21ClN2O3S2. The van der Waals surface area contributed by atoms with E-state index in [2.05, 4.69) is 4.72 Å². The summed E-state index contributed by atoms with van der Waals surface area (Å²) in [6.07, 6.45) is 0.0969. The van der Waals surface area contributed by atoms with Crippen LogP contribution in [0.1, 0.15) is 22.4 Å². The lowest BCUT2D eigenvalue weighted by Crippen LogP contribution is -2.31. The standard InChI is InChI=1S/C17H21ClN2O3S2/c1-12-4-6-15(10-13(12)2)25(22,23)19-9-8-17(21)20(3)11-14-5-7-16(18)24-14/h4-7,10,19H,8-9,11H2,1-3H3. The SMILES string of the molecule is Cc1ccc(S(=O)(=O)NCCC(=O)N(C)Cc2ccc(Cl)s2)cc1C. The third kappa shape index (κ3) is 5.54. The van der Waals surface area contributed by atoms with Crippen molar-refractivity contribution in [3.05, 3.63) is 50.7 Å². The van der Waals surface area contributed by atoms with Gasteiger partial charge in [-0.2, -0.15) is 0 Å². The first-order valence-corrected chi connectivity index (χ1v) is 10.4. The number of hydrogen-bond acceptors (Lipinski definition) is 4. The first-order valence-electron chi connectivity index (χ1n) is 7.74. The molecular weight excluding hydrogens is 380 g/mol. The summed E-state index contributed by atoms with van der Waals surface area (Å²) in [6, 6.07) is 8.64. The number of hydrogen-bond donors (Lipinski definition) is 1. The molecule has 0 aliphatic heterocycles. The molecule has 0 spiro atoms. The second kappa shape index (κ2) is 8.31. The summed E-state index contributed by atoms with van der Waals surface area (Å²) >= 11 is 7.30. The lowest BCUT2D eigenvalue weighted by molar-refractivity contribution is -0.130. The first-order chi connectivity index (χ1) is 11.7. The zero-order chi connectivity index (χ0) is 18.6. The van der Waals surface area contributed by atoms with Gasteiger partial charge in [-0.1, -0.05) is 17.7 Å². The minimum absolute atomic E-state index is 0.0592. The molecule has 0 unspecified atom stereocenters. The smallest absolute Gasteiger partial charge is 0.240 e. The highest BCUT2D eigenvalue weighted by atomic mass is 35.5. The Bertz CT molecular complexity index is 863. The molecule has 1 amide bonds. The number of nitrogens with zero attached hydrogens (tertiary/aromatic N) is 1. The second-order valence-electron chi connectivity index (χ2n) is 5.85. The number of carbonyl (C=O) groups is 1. The van der Waals surface area contributed by atoms with Gasteiger partial charge in [-0.3, -0.25) is 4.79 Å². The quantitative estimate of drug-likeness (QED) is 0.775. The van der Waals surface area contributed by atoms with Crippen molar-refractivity contribution in [1.29, 1.82) is 0 Å². The van der Waals surface area contributed by atoms with Crippen LogP contribution in [-0.4, -0.2) is 32.8 Å². The average Bonchev–Trinajstić information content (AvgIpc) is 2.94. The molecule has 0 radical (unpaired) electrons. The van der Waals surface area contributed by atoms with Crippen LogP contribution in [0.2, 0.25) is 4.34 Å². The first kappa shape index (κ1) is 19.9. The van der Waals surface area contributed by atoms with Crippen LogP contribution in [0, 0.1) is 13.8 Å². The van der Waals surface area contributed by atoms with E-state index in [9.17, 15) is 13.2 Å². The molecule has 1 N–H and O–H groups in total. The Morgan fingerprint density at radius 1 is 1.20 bits per heavy atom. The van der Waals surface area contributed by atoms with E-state index in [1.807, 2.05) is 19.9 Å². The highest BCUT2D eigenvalue weighted by molar-refractivity contribution is 7.89. The molecule has 0 atom stereocenters. The highest BCUT2D eigenvalue weighted by Crippen LogP contribution is 2.22.